The Labute approximate surface area is 169 Å². The summed E-state index contributed by atoms with van der Waals surface area (Å²) < 4.78 is 5.09. The molecule has 2 aromatic carbocycles. The van der Waals surface area contributed by atoms with E-state index in [1.165, 1.54) is 5.01 Å². The van der Waals surface area contributed by atoms with Crippen LogP contribution in [0.5, 0.6) is 0 Å². The fraction of sp³-hybridized carbons (Fsp3) is 0.273. The Balaban J connectivity index is 1.65. The number of anilines is 2. The van der Waals surface area contributed by atoms with E-state index in [4.69, 9.17) is 4.74 Å². The molecule has 1 aliphatic rings. The monoisotopic (exact) mass is 393 g/mol. The molecule has 0 fully saturated rings. The van der Waals surface area contributed by atoms with E-state index >= 15 is 0 Å². The van der Waals surface area contributed by atoms with Crippen LogP contribution in [-0.4, -0.2) is 30.1 Å². The van der Waals surface area contributed by atoms with E-state index in [2.05, 4.69) is 10.4 Å². The largest absolute Gasteiger partial charge is 0.451 e. The van der Waals surface area contributed by atoms with Gasteiger partial charge in [0.05, 0.1) is 5.69 Å². The van der Waals surface area contributed by atoms with Crippen LogP contribution in [0.2, 0.25) is 0 Å². The second kappa shape index (κ2) is 8.68. The van der Waals surface area contributed by atoms with Gasteiger partial charge in [-0.1, -0.05) is 29.8 Å². The molecule has 0 radical (unpaired) electrons. The summed E-state index contributed by atoms with van der Waals surface area (Å²) in [6.45, 7) is 5.32. The first-order valence-electron chi connectivity index (χ1n) is 9.35. The topological polar surface area (TPSA) is 88.1 Å². The van der Waals surface area contributed by atoms with Crippen LogP contribution in [0.4, 0.5) is 11.4 Å². The summed E-state index contributed by atoms with van der Waals surface area (Å²) in [5, 5.41) is 8.11. The van der Waals surface area contributed by atoms with E-state index in [9.17, 15) is 14.4 Å². The van der Waals surface area contributed by atoms with Crippen LogP contribution in [0.3, 0.4) is 0 Å². The zero-order chi connectivity index (χ0) is 21.0. The van der Waals surface area contributed by atoms with Gasteiger partial charge in [-0.2, -0.15) is 10.1 Å². The summed E-state index contributed by atoms with van der Waals surface area (Å²) in [5.74, 6) is -1.33. The summed E-state index contributed by atoms with van der Waals surface area (Å²) in [5.41, 5.74) is 4.31. The predicted octanol–water partition coefficient (Wildman–Crippen LogP) is 3.28. The molecule has 29 heavy (non-hydrogen) atoms. The molecule has 2 amide bonds. The molecule has 0 atom stereocenters. The lowest BCUT2D eigenvalue weighted by Gasteiger charge is -2.24. The minimum atomic E-state index is -0.702. The minimum absolute atomic E-state index is 0.119. The second-order valence-electron chi connectivity index (χ2n) is 7.03. The van der Waals surface area contributed by atoms with Gasteiger partial charge in [-0.25, -0.2) is 4.79 Å². The van der Waals surface area contributed by atoms with E-state index < -0.39 is 18.5 Å². The number of hydrazone groups is 1. The Bertz CT molecular complexity index is 980. The van der Waals surface area contributed by atoms with Gasteiger partial charge in [-0.15, -0.1) is 0 Å². The van der Waals surface area contributed by atoms with Crippen molar-refractivity contribution in [3.05, 3.63) is 59.2 Å². The number of rotatable bonds is 5. The van der Waals surface area contributed by atoms with Gasteiger partial charge in [0.2, 0.25) is 5.91 Å². The molecule has 0 unspecified atom stereocenters. The molecule has 0 aliphatic carbocycles. The Kier molecular flexibility index (Phi) is 6.07. The van der Waals surface area contributed by atoms with Gasteiger partial charge in [0.15, 0.2) is 6.61 Å². The van der Waals surface area contributed by atoms with Gasteiger partial charge in [-0.3, -0.25) is 9.59 Å². The highest BCUT2D eigenvalue weighted by Crippen LogP contribution is 2.25. The molecular formula is C22H23N3O4. The first-order chi connectivity index (χ1) is 13.8. The van der Waals surface area contributed by atoms with E-state index in [0.717, 1.165) is 16.7 Å². The summed E-state index contributed by atoms with van der Waals surface area (Å²) in [4.78, 5) is 36.7. The molecule has 7 nitrogen and oxygen atoms in total. The molecule has 1 aliphatic heterocycles. The SMILES string of the molecule is Cc1ccc(NC(=O)COC(=O)C2=NN(c3cc(C)ccc3C)C(=O)CC2)cc1. The molecule has 3 rings (SSSR count). The van der Waals surface area contributed by atoms with Crippen LogP contribution >= 0.6 is 0 Å². The highest BCUT2D eigenvalue weighted by atomic mass is 16.5. The highest BCUT2D eigenvalue weighted by Gasteiger charge is 2.27. The number of amides is 2. The first kappa shape index (κ1) is 20.3. The van der Waals surface area contributed by atoms with Gasteiger partial charge in [-0.05, 0) is 50.1 Å². The van der Waals surface area contributed by atoms with Crippen molar-refractivity contribution in [2.45, 2.75) is 33.6 Å². The maximum Gasteiger partial charge on any atom is 0.355 e. The fourth-order valence-corrected chi connectivity index (χ4v) is 2.88. The number of esters is 1. The third-order valence-electron chi connectivity index (χ3n) is 4.53. The summed E-state index contributed by atoms with van der Waals surface area (Å²) in [6, 6.07) is 13.0. The average molecular weight is 393 g/mol. The van der Waals surface area contributed by atoms with Crippen LogP contribution in [-0.2, 0) is 19.1 Å². The molecule has 7 heteroatoms. The molecule has 150 valence electrons. The first-order valence-corrected chi connectivity index (χ1v) is 9.35. The molecule has 0 saturated carbocycles. The number of hydrogen-bond acceptors (Lipinski definition) is 5. The number of carbonyl (C=O) groups excluding carboxylic acids is 3. The number of hydrogen-bond donors (Lipinski definition) is 1. The smallest absolute Gasteiger partial charge is 0.355 e. The quantitative estimate of drug-likeness (QED) is 0.790. The Morgan fingerprint density at radius 3 is 2.45 bits per heavy atom. The third-order valence-corrected chi connectivity index (χ3v) is 4.53. The van der Waals surface area contributed by atoms with Gasteiger partial charge >= 0.3 is 5.97 Å². The lowest BCUT2D eigenvalue weighted by Crippen LogP contribution is -2.36. The maximum absolute atomic E-state index is 12.4. The van der Waals surface area contributed by atoms with E-state index in [-0.39, 0.29) is 24.5 Å². The minimum Gasteiger partial charge on any atom is -0.451 e. The molecule has 1 N–H and O–H groups in total. The van der Waals surface area contributed by atoms with Crippen molar-refractivity contribution < 1.29 is 19.1 Å². The Morgan fingerprint density at radius 2 is 1.72 bits per heavy atom. The van der Waals surface area contributed by atoms with Crippen molar-refractivity contribution in [1.82, 2.24) is 0 Å². The second-order valence-corrected chi connectivity index (χ2v) is 7.03. The summed E-state index contributed by atoms with van der Waals surface area (Å²) in [7, 11) is 0. The number of carbonyl (C=O) groups is 3. The van der Waals surface area contributed by atoms with Crippen LogP contribution in [0.15, 0.2) is 47.6 Å². The lowest BCUT2D eigenvalue weighted by molar-refractivity contribution is -0.140. The van der Waals surface area contributed by atoms with Gasteiger partial charge in [0, 0.05) is 18.5 Å². The molecule has 2 aromatic rings. The number of nitrogens with one attached hydrogen (secondary N) is 1. The van der Waals surface area contributed by atoms with Gasteiger partial charge in [0.1, 0.15) is 5.71 Å². The van der Waals surface area contributed by atoms with Crippen molar-refractivity contribution in [2.24, 2.45) is 5.10 Å². The molecule has 0 aromatic heterocycles. The van der Waals surface area contributed by atoms with Crippen molar-refractivity contribution in [3.63, 3.8) is 0 Å². The number of aryl methyl sites for hydroxylation is 3. The van der Waals surface area contributed by atoms with Crippen LogP contribution < -0.4 is 10.3 Å². The van der Waals surface area contributed by atoms with E-state index in [1.807, 2.05) is 51.1 Å². The number of nitrogens with zero attached hydrogens (tertiary/aromatic N) is 2. The Morgan fingerprint density at radius 1 is 1.03 bits per heavy atom. The maximum atomic E-state index is 12.4. The van der Waals surface area contributed by atoms with Gasteiger partial charge in [0.25, 0.3) is 5.91 Å². The van der Waals surface area contributed by atoms with E-state index in [0.29, 0.717) is 11.4 Å². The van der Waals surface area contributed by atoms with Crippen molar-refractivity contribution in [3.8, 4) is 0 Å². The van der Waals surface area contributed by atoms with Crippen molar-refractivity contribution >= 4 is 34.9 Å². The number of ether oxygens (including phenoxy) is 1. The normalized spacial score (nSPS) is 13.7. The summed E-state index contributed by atoms with van der Waals surface area (Å²) >= 11 is 0. The molecule has 0 saturated heterocycles. The van der Waals surface area contributed by atoms with Crippen LogP contribution in [0, 0.1) is 20.8 Å². The predicted molar refractivity (Wildman–Crippen MR) is 111 cm³/mol. The van der Waals surface area contributed by atoms with Crippen molar-refractivity contribution in [1.29, 1.82) is 0 Å². The number of benzene rings is 2. The molecule has 0 spiro atoms. The zero-order valence-electron chi connectivity index (χ0n) is 16.7. The highest BCUT2D eigenvalue weighted by molar-refractivity contribution is 6.38. The van der Waals surface area contributed by atoms with Crippen LogP contribution in [0.1, 0.15) is 29.5 Å². The molecular weight excluding hydrogens is 370 g/mol. The van der Waals surface area contributed by atoms with Gasteiger partial charge < -0.3 is 10.1 Å². The standard InChI is InChI=1S/C22H23N3O4/c1-14-5-8-17(9-6-14)23-20(26)13-29-22(28)18-10-11-21(27)25(24-18)19-12-15(2)4-7-16(19)3/h4-9,12H,10-11,13H2,1-3H3,(H,23,26). The lowest BCUT2D eigenvalue weighted by atomic mass is 10.1. The molecule has 1 heterocycles. The zero-order valence-corrected chi connectivity index (χ0v) is 16.7. The van der Waals surface area contributed by atoms with Crippen LogP contribution in [0.25, 0.3) is 0 Å². The van der Waals surface area contributed by atoms with E-state index in [1.54, 1.807) is 12.1 Å². The third kappa shape index (κ3) is 5.07. The molecule has 0 bridgehead atoms. The fourth-order valence-electron chi connectivity index (χ4n) is 2.88. The summed E-state index contributed by atoms with van der Waals surface area (Å²) in [6.07, 6.45) is 0.329. The Hall–Kier alpha value is -3.48. The van der Waals surface area contributed by atoms with Crippen molar-refractivity contribution in [2.75, 3.05) is 16.9 Å². The average Bonchev–Trinajstić information content (AvgIpc) is 2.70.